The Kier molecular flexibility index (Phi) is 4.41. The van der Waals surface area contributed by atoms with Gasteiger partial charge >= 0.3 is 0 Å². The lowest BCUT2D eigenvalue weighted by Crippen LogP contribution is -2.60. The number of benzene rings is 1. The summed E-state index contributed by atoms with van der Waals surface area (Å²) in [5.74, 6) is 1.33. The smallest absolute Gasteiger partial charge is 0.248 e. The maximum absolute atomic E-state index is 12.1. The minimum atomic E-state index is -0.478. The normalized spacial score (nSPS) is 17.4. The van der Waals surface area contributed by atoms with Gasteiger partial charge in [-0.3, -0.25) is 14.2 Å². The van der Waals surface area contributed by atoms with E-state index in [1.54, 1.807) is 6.07 Å². The molecule has 1 aliphatic carbocycles. The van der Waals surface area contributed by atoms with Gasteiger partial charge in [-0.2, -0.15) is 10.2 Å². The van der Waals surface area contributed by atoms with Crippen LogP contribution in [0.25, 0.3) is 33.8 Å². The number of nitrogens with zero attached hydrogens (tertiary/aromatic N) is 6. The number of aromatic nitrogens is 7. The Morgan fingerprint density at radius 3 is 2.67 bits per heavy atom. The first-order valence-corrected chi connectivity index (χ1v) is 11.4. The Morgan fingerprint density at radius 1 is 1.18 bits per heavy atom. The Bertz CT molecular complexity index is 1370. The van der Waals surface area contributed by atoms with E-state index < -0.39 is 5.91 Å². The average Bonchev–Trinajstić information content (AvgIpc) is 3.46. The van der Waals surface area contributed by atoms with Crippen LogP contribution >= 0.6 is 0 Å². The van der Waals surface area contributed by atoms with Crippen molar-refractivity contribution in [3.05, 3.63) is 35.7 Å². The molecule has 4 N–H and O–H groups in total. The van der Waals surface area contributed by atoms with Gasteiger partial charge in [-0.15, -0.1) is 10.2 Å². The molecule has 170 valence electrons. The molecule has 1 amide bonds. The standard InChI is InChI=1S/C23H27N9O/c1-3-31-19(4-13(2)30-31)22-27-21(28-29-22)16-5-15(20(24)33)6-18-17(16)9-26-32(18)10-14-7-23(8-14)11-25-12-23/h4-6,9,14,25H,3,7-8,10-12H2,1-2H3,(H2,24,33)(H,27,28,29). The van der Waals surface area contributed by atoms with E-state index in [2.05, 4.69) is 30.7 Å². The van der Waals surface area contributed by atoms with Crippen molar-refractivity contribution >= 4 is 16.8 Å². The quantitative estimate of drug-likeness (QED) is 0.416. The number of hydrogen-bond donors (Lipinski definition) is 3. The number of rotatable bonds is 6. The highest BCUT2D eigenvalue weighted by atomic mass is 16.1. The molecule has 4 aromatic rings. The lowest BCUT2D eigenvalue weighted by molar-refractivity contribution is -0.00805. The first-order valence-electron chi connectivity index (χ1n) is 11.4. The summed E-state index contributed by atoms with van der Waals surface area (Å²) in [6.45, 7) is 7.81. The van der Waals surface area contributed by atoms with E-state index in [0.717, 1.165) is 54.0 Å². The van der Waals surface area contributed by atoms with Gasteiger partial charge in [0.1, 0.15) is 5.69 Å². The maximum atomic E-state index is 12.1. The summed E-state index contributed by atoms with van der Waals surface area (Å²) >= 11 is 0. The molecule has 0 unspecified atom stereocenters. The molecule has 1 aliphatic heterocycles. The number of H-pyrrole nitrogens is 1. The van der Waals surface area contributed by atoms with Crippen molar-refractivity contribution in [3.63, 3.8) is 0 Å². The van der Waals surface area contributed by atoms with Crippen LogP contribution in [-0.2, 0) is 13.1 Å². The Labute approximate surface area is 190 Å². The summed E-state index contributed by atoms with van der Waals surface area (Å²) in [5, 5.41) is 22.2. The van der Waals surface area contributed by atoms with Crippen LogP contribution in [-0.4, -0.2) is 53.7 Å². The van der Waals surface area contributed by atoms with Gasteiger partial charge in [0.15, 0.2) is 11.6 Å². The van der Waals surface area contributed by atoms with Gasteiger partial charge in [-0.25, -0.2) is 0 Å². The monoisotopic (exact) mass is 445 g/mol. The largest absolute Gasteiger partial charge is 0.366 e. The maximum Gasteiger partial charge on any atom is 0.248 e. The highest BCUT2D eigenvalue weighted by molar-refractivity contribution is 6.02. The number of hydrogen-bond acceptors (Lipinski definition) is 6. The number of carbonyl (C=O) groups excluding carboxylic acids is 1. The van der Waals surface area contributed by atoms with Crippen LogP contribution in [0.15, 0.2) is 24.4 Å². The zero-order valence-corrected chi connectivity index (χ0v) is 18.8. The fourth-order valence-corrected chi connectivity index (χ4v) is 5.44. The van der Waals surface area contributed by atoms with E-state index >= 15 is 0 Å². The van der Waals surface area contributed by atoms with Crippen LogP contribution < -0.4 is 11.1 Å². The number of nitrogens with one attached hydrogen (secondary N) is 2. The summed E-state index contributed by atoms with van der Waals surface area (Å²) in [6.07, 6.45) is 4.29. The van der Waals surface area contributed by atoms with Crippen LogP contribution in [0.1, 0.15) is 35.8 Å². The minimum Gasteiger partial charge on any atom is -0.366 e. The molecule has 3 aromatic heterocycles. The zero-order valence-electron chi connectivity index (χ0n) is 18.8. The van der Waals surface area contributed by atoms with E-state index in [0.29, 0.717) is 28.5 Å². The third kappa shape index (κ3) is 3.24. The number of aromatic amines is 1. The Morgan fingerprint density at radius 2 is 1.97 bits per heavy atom. The van der Waals surface area contributed by atoms with E-state index in [1.807, 2.05) is 41.5 Å². The highest BCUT2D eigenvalue weighted by Crippen LogP contribution is 2.49. The summed E-state index contributed by atoms with van der Waals surface area (Å²) in [7, 11) is 0. The van der Waals surface area contributed by atoms with Gasteiger partial charge in [-0.05, 0) is 56.2 Å². The van der Waals surface area contributed by atoms with Gasteiger partial charge in [-0.1, -0.05) is 0 Å². The van der Waals surface area contributed by atoms with Crippen molar-refractivity contribution in [1.82, 2.24) is 40.1 Å². The van der Waals surface area contributed by atoms with Crippen LogP contribution in [0, 0.1) is 18.3 Å². The van der Waals surface area contributed by atoms with Crippen molar-refractivity contribution in [3.8, 4) is 22.9 Å². The highest BCUT2D eigenvalue weighted by Gasteiger charge is 2.48. The zero-order chi connectivity index (χ0) is 22.7. The van der Waals surface area contributed by atoms with Crippen molar-refractivity contribution in [2.24, 2.45) is 17.1 Å². The summed E-state index contributed by atoms with van der Waals surface area (Å²) < 4.78 is 3.89. The fourth-order valence-electron chi connectivity index (χ4n) is 5.44. The van der Waals surface area contributed by atoms with Crippen molar-refractivity contribution in [1.29, 1.82) is 0 Å². The molecule has 0 radical (unpaired) electrons. The number of aryl methyl sites for hydroxylation is 2. The Hall–Kier alpha value is -3.53. The van der Waals surface area contributed by atoms with Gasteiger partial charge in [0.25, 0.3) is 0 Å². The second kappa shape index (κ2) is 7.24. The SMILES string of the molecule is CCn1nc(C)cc1-c1nnc(-c2cc(C(N)=O)cc3c2cnn3CC2CC3(CNC3)C2)[nH]1. The van der Waals surface area contributed by atoms with Crippen molar-refractivity contribution < 1.29 is 4.79 Å². The van der Waals surface area contributed by atoms with E-state index in [1.165, 1.54) is 12.8 Å². The molecular weight excluding hydrogens is 418 g/mol. The van der Waals surface area contributed by atoms with Crippen molar-refractivity contribution in [2.75, 3.05) is 13.1 Å². The van der Waals surface area contributed by atoms with Crippen LogP contribution in [0.3, 0.4) is 0 Å². The average molecular weight is 446 g/mol. The van der Waals surface area contributed by atoms with Gasteiger partial charge in [0.05, 0.1) is 17.4 Å². The van der Waals surface area contributed by atoms with E-state index in [-0.39, 0.29) is 0 Å². The van der Waals surface area contributed by atoms with Gasteiger partial charge in [0, 0.05) is 42.7 Å². The molecule has 10 nitrogen and oxygen atoms in total. The molecule has 1 saturated heterocycles. The summed E-state index contributed by atoms with van der Waals surface area (Å²) in [4.78, 5) is 15.4. The molecule has 33 heavy (non-hydrogen) atoms. The first-order chi connectivity index (χ1) is 15.9. The lowest BCUT2D eigenvalue weighted by atomic mass is 9.58. The number of fused-ring (bicyclic) bond motifs is 1. The fraction of sp³-hybridized carbons (Fsp3) is 0.435. The second-order valence-electron chi connectivity index (χ2n) is 9.53. The summed E-state index contributed by atoms with van der Waals surface area (Å²) in [5.41, 5.74) is 10.1. The van der Waals surface area contributed by atoms with Gasteiger partial charge < -0.3 is 16.0 Å². The molecule has 1 spiro atoms. The van der Waals surface area contributed by atoms with Gasteiger partial charge in [0.2, 0.25) is 5.91 Å². The Balaban J connectivity index is 1.38. The molecular formula is C23H27N9O. The number of primary amides is 1. The molecule has 0 bridgehead atoms. The number of carbonyl (C=O) groups is 1. The molecule has 0 atom stereocenters. The summed E-state index contributed by atoms with van der Waals surface area (Å²) in [6, 6.07) is 5.58. The predicted octanol–water partition coefficient (Wildman–Crippen LogP) is 2.11. The molecule has 10 heteroatoms. The molecule has 4 heterocycles. The topological polar surface area (TPSA) is 132 Å². The third-order valence-corrected chi connectivity index (χ3v) is 7.11. The first kappa shape index (κ1) is 20.1. The predicted molar refractivity (Wildman–Crippen MR) is 123 cm³/mol. The molecule has 6 rings (SSSR count). The van der Waals surface area contributed by atoms with E-state index in [4.69, 9.17) is 5.73 Å². The van der Waals surface area contributed by atoms with Crippen LogP contribution in [0.2, 0.25) is 0 Å². The van der Waals surface area contributed by atoms with Crippen LogP contribution in [0.5, 0.6) is 0 Å². The molecule has 1 saturated carbocycles. The number of amides is 1. The third-order valence-electron chi connectivity index (χ3n) is 7.11. The molecule has 1 aromatic carbocycles. The van der Waals surface area contributed by atoms with Crippen LogP contribution in [0.4, 0.5) is 0 Å². The van der Waals surface area contributed by atoms with E-state index in [9.17, 15) is 4.79 Å². The van der Waals surface area contributed by atoms with Crippen molar-refractivity contribution in [2.45, 2.75) is 39.8 Å². The second-order valence-corrected chi connectivity index (χ2v) is 9.53. The minimum absolute atomic E-state index is 0.430. The lowest BCUT2D eigenvalue weighted by Gasteiger charge is -2.54. The molecule has 2 fully saturated rings. The molecule has 2 aliphatic rings. The number of nitrogens with two attached hydrogens (primary N) is 1.